The predicted octanol–water partition coefficient (Wildman–Crippen LogP) is 2.22. The van der Waals surface area contributed by atoms with Gasteiger partial charge < -0.3 is 5.11 Å². The Morgan fingerprint density at radius 2 is 1.20 bits per heavy atom. The Labute approximate surface area is 117 Å². The average molecular weight is 288 g/mol. The second kappa shape index (κ2) is 7.12. The van der Waals surface area contributed by atoms with Crippen molar-refractivity contribution < 1.29 is 18.3 Å². The highest BCUT2D eigenvalue weighted by atomic mass is 32.2. The van der Waals surface area contributed by atoms with Gasteiger partial charge in [-0.1, -0.05) is 36.4 Å². The Morgan fingerprint density at radius 1 is 0.900 bits per heavy atom. The van der Waals surface area contributed by atoms with Crippen molar-refractivity contribution in [1.29, 1.82) is 0 Å². The maximum Gasteiger partial charge on any atom is 0.381 e. The molecule has 102 valence electrons. The fourth-order valence-corrected chi connectivity index (χ4v) is 2.64. The van der Waals surface area contributed by atoms with Crippen molar-refractivity contribution in [2.75, 3.05) is 0 Å². The molecule has 0 atom stereocenters. The number of benzene rings is 2. The van der Waals surface area contributed by atoms with Crippen molar-refractivity contribution in [1.82, 2.24) is 0 Å². The number of carboxylic acid groups (broad SMARTS) is 1. The molecule has 0 spiro atoms. The summed E-state index contributed by atoms with van der Waals surface area (Å²) in [6, 6.07) is 16.9. The summed E-state index contributed by atoms with van der Waals surface area (Å²) in [6.45, 7) is 0. The molecule has 2 aromatic rings. The zero-order valence-electron chi connectivity index (χ0n) is 10.4. The van der Waals surface area contributed by atoms with E-state index >= 15 is 0 Å². The lowest BCUT2D eigenvalue weighted by Crippen LogP contribution is -2.00. The highest BCUT2D eigenvalue weighted by Gasteiger charge is 2.15. The third kappa shape index (κ3) is 4.26. The van der Waals surface area contributed by atoms with E-state index in [0.717, 1.165) is 0 Å². The van der Waals surface area contributed by atoms with E-state index in [0.29, 0.717) is 9.79 Å². The van der Waals surface area contributed by atoms with Gasteiger partial charge in [-0.15, -0.1) is 6.42 Å². The zero-order valence-corrected chi connectivity index (χ0v) is 11.2. The zero-order chi connectivity index (χ0) is 15.0. The van der Waals surface area contributed by atoms with E-state index < -0.39 is 15.8 Å². The lowest BCUT2D eigenvalue weighted by Gasteiger charge is -2.03. The van der Waals surface area contributed by atoms with Gasteiger partial charge in [0.2, 0.25) is 9.84 Å². The molecule has 4 nitrogen and oxygen atoms in total. The van der Waals surface area contributed by atoms with Gasteiger partial charge in [0.15, 0.2) is 0 Å². The predicted molar refractivity (Wildman–Crippen MR) is 74.8 cm³/mol. The van der Waals surface area contributed by atoms with Crippen LogP contribution >= 0.6 is 0 Å². The monoisotopic (exact) mass is 288 g/mol. The molecular formula is C15H12O4S. The molecule has 2 aromatic carbocycles. The van der Waals surface area contributed by atoms with Gasteiger partial charge in [-0.25, -0.2) is 13.2 Å². The van der Waals surface area contributed by atoms with Crippen LogP contribution in [0.5, 0.6) is 0 Å². The molecule has 5 heteroatoms. The molecule has 0 aliphatic heterocycles. The molecule has 0 unspecified atom stereocenters. The number of hydrogen-bond donors (Lipinski definition) is 1. The maximum atomic E-state index is 12.0. The Balaban J connectivity index is 0.000000347. The second-order valence-corrected chi connectivity index (χ2v) is 5.53. The Hall–Kier alpha value is -2.58. The van der Waals surface area contributed by atoms with Crippen molar-refractivity contribution in [3.8, 4) is 12.3 Å². The first-order valence-electron chi connectivity index (χ1n) is 5.53. The van der Waals surface area contributed by atoms with Crippen LogP contribution in [0.25, 0.3) is 0 Å². The van der Waals surface area contributed by atoms with Crippen molar-refractivity contribution in [3.63, 3.8) is 0 Å². The Kier molecular flexibility index (Phi) is 5.51. The lowest BCUT2D eigenvalue weighted by molar-refractivity contribution is -0.130. The summed E-state index contributed by atoms with van der Waals surface area (Å²) in [5, 5.41) is 7.49. The lowest BCUT2D eigenvalue weighted by atomic mass is 10.4. The van der Waals surface area contributed by atoms with Gasteiger partial charge in [0.25, 0.3) is 0 Å². The van der Waals surface area contributed by atoms with Crippen LogP contribution in [0, 0.1) is 12.3 Å². The molecule has 0 aliphatic rings. The number of hydrogen-bond acceptors (Lipinski definition) is 3. The number of rotatable bonds is 2. The normalized spacial score (nSPS) is 9.75. The molecule has 0 saturated carbocycles. The van der Waals surface area contributed by atoms with E-state index in [-0.39, 0.29) is 0 Å². The van der Waals surface area contributed by atoms with Crippen LogP contribution in [0.3, 0.4) is 0 Å². The highest BCUT2D eigenvalue weighted by Crippen LogP contribution is 2.19. The molecule has 0 bridgehead atoms. The number of sulfone groups is 1. The molecule has 0 aromatic heterocycles. The third-order valence-electron chi connectivity index (χ3n) is 2.23. The van der Waals surface area contributed by atoms with Crippen molar-refractivity contribution >= 4 is 15.8 Å². The van der Waals surface area contributed by atoms with Crippen LogP contribution in [0.15, 0.2) is 70.5 Å². The van der Waals surface area contributed by atoms with Crippen LogP contribution in [-0.2, 0) is 14.6 Å². The van der Waals surface area contributed by atoms with Gasteiger partial charge in [0.1, 0.15) is 0 Å². The number of carbonyl (C=O) groups is 1. The Morgan fingerprint density at radius 3 is 1.45 bits per heavy atom. The first kappa shape index (κ1) is 15.5. The smallest absolute Gasteiger partial charge is 0.381 e. The second-order valence-electron chi connectivity index (χ2n) is 3.58. The van der Waals surface area contributed by atoms with E-state index in [9.17, 15) is 8.42 Å². The summed E-state index contributed by atoms with van der Waals surface area (Å²) in [5.74, 6) is 0.227. The van der Waals surface area contributed by atoms with Crippen LogP contribution in [0.4, 0.5) is 0 Å². The quantitative estimate of drug-likeness (QED) is 0.860. The molecule has 0 fully saturated rings. The minimum Gasteiger partial charge on any atom is -0.472 e. The molecule has 0 heterocycles. The molecule has 0 radical (unpaired) electrons. The summed E-state index contributed by atoms with van der Waals surface area (Å²) < 4.78 is 24.1. The van der Waals surface area contributed by atoms with Gasteiger partial charge in [-0.3, -0.25) is 0 Å². The van der Waals surface area contributed by atoms with Gasteiger partial charge in [0, 0.05) is 5.92 Å². The number of aliphatic carboxylic acids is 1. The van der Waals surface area contributed by atoms with Gasteiger partial charge >= 0.3 is 5.97 Å². The SMILES string of the molecule is C#CC(=O)O.O=S(=O)(c1ccccc1)c1ccccc1. The number of carboxylic acids is 1. The summed E-state index contributed by atoms with van der Waals surface area (Å²) in [5.41, 5.74) is 0. The molecule has 2 rings (SSSR count). The summed E-state index contributed by atoms with van der Waals surface area (Å²) in [4.78, 5) is 9.79. The molecule has 0 saturated heterocycles. The minimum absolute atomic E-state index is 0.330. The molecule has 1 N–H and O–H groups in total. The maximum absolute atomic E-state index is 12.0. The molecular weight excluding hydrogens is 276 g/mol. The summed E-state index contributed by atoms with van der Waals surface area (Å²) >= 11 is 0. The van der Waals surface area contributed by atoms with Crippen molar-refractivity contribution in [3.05, 3.63) is 60.7 Å². The van der Waals surface area contributed by atoms with Gasteiger partial charge in [-0.05, 0) is 24.3 Å². The molecule has 0 aliphatic carbocycles. The van der Waals surface area contributed by atoms with Crippen LogP contribution < -0.4 is 0 Å². The fraction of sp³-hybridized carbons (Fsp3) is 0. The topological polar surface area (TPSA) is 71.4 Å². The van der Waals surface area contributed by atoms with Crippen LogP contribution in [0.1, 0.15) is 0 Å². The van der Waals surface area contributed by atoms with E-state index in [2.05, 4.69) is 6.42 Å². The van der Waals surface area contributed by atoms with E-state index in [1.807, 2.05) is 0 Å². The van der Waals surface area contributed by atoms with Gasteiger partial charge in [-0.2, -0.15) is 0 Å². The fourth-order valence-electron chi connectivity index (χ4n) is 1.34. The van der Waals surface area contributed by atoms with Crippen molar-refractivity contribution in [2.45, 2.75) is 9.79 Å². The molecule has 20 heavy (non-hydrogen) atoms. The van der Waals surface area contributed by atoms with Crippen molar-refractivity contribution in [2.24, 2.45) is 0 Å². The average Bonchev–Trinajstić information content (AvgIpc) is 2.49. The summed E-state index contributed by atoms with van der Waals surface area (Å²) in [7, 11) is -3.34. The van der Waals surface area contributed by atoms with Gasteiger partial charge in [0.05, 0.1) is 9.79 Å². The van der Waals surface area contributed by atoms with Crippen LogP contribution in [-0.4, -0.2) is 19.5 Å². The summed E-state index contributed by atoms with van der Waals surface area (Å²) in [6.07, 6.45) is 4.32. The highest BCUT2D eigenvalue weighted by molar-refractivity contribution is 7.91. The largest absolute Gasteiger partial charge is 0.472 e. The number of terminal acetylenes is 1. The minimum atomic E-state index is -3.34. The first-order valence-corrected chi connectivity index (χ1v) is 7.01. The van der Waals surface area contributed by atoms with E-state index in [4.69, 9.17) is 9.90 Å². The standard InChI is InChI=1S/C12H10O2S.C3H2O2/c13-15(14,11-7-3-1-4-8-11)12-9-5-2-6-10-12;1-2-3(4)5/h1-10H;1H,(H,4,5). The first-order chi connectivity index (χ1) is 9.48. The Bertz CT molecular complexity index is 653. The molecule has 0 amide bonds. The van der Waals surface area contributed by atoms with E-state index in [1.54, 1.807) is 60.7 Å². The van der Waals surface area contributed by atoms with E-state index in [1.165, 1.54) is 5.92 Å². The third-order valence-corrected chi connectivity index (χ3v) is 4.02. The van der Waals surface area contributed by atoms with Crippen LogP contribution in [0.2, 0.25) is 0 Å².